The molecule has 6 nitrogen and oxygen atoms in total. The number of primary amides is 1. The molecule has 1 atom stereocenters. The van der Waals surface area contributed by atoms with E-state index in [0.717, 1.165) is 34.5 Å². The van der Waals surface area contributed by atoms with E-state index in [9.17, 15) is 9.18 Å². The van der Waals surface area contributed by atoms with Gasteiger partial charge < -0.3 is 15.2 Å². The van der Waals surface area contributed by atoms with Gasteiger partial charge in [-0.05, 0) is 30.7 Å². The van der Waals surface area contributed by atoms with E-state index in [1.807, 2.05) is 19.9 Å². The van der Waals surface area contributed by atoms with Crippen LogP contribution < -0.4 is 10.5 Å². The number of rotatable bonds is 6. The van der Waals surface area contributed by atoms with E-state index in [1.165, 1.54) is 17.4 Å². The summed E-state index contributed by atoms with van der Waals surface area (Å²) >= 11 is 7.80. The molecule has 1 amide bonds. The Bertz CT molecular complexity index is 1150. The fourth-order valence-corrected chi connectivity index (χ4v) is 5.00. The molecule has 1 aromatic carbocycles. The molecule has 1 unspecified atom stereocenters. The first-order chi connectivity index (χ1) is 15.3. The highest BCUT2D eigenvalue weighted by molar-refractivity contribution is 7.15. The van der Waals surface area contributed by atoms with Crippen LogP contribution in [0.5, 0.6) is 5.75 Å². The van der Waals surface area contributed by atoms with Crippen LogP contribution in [-0.2, 0) is 4.74 Å². The molecule has 0 radical (unpaired) electrons. The topological polar surface area (TPSA) is 87.3 Å². The van der Waals surface area contributed by atoms with Gasteiger partial charge in [0.15, 0.2) is 0 Å². The smallest absolute Gasteiger partial charge is 0.249 e. The van der Waals surface area contributed by atoms with Gasteiger partial charge in [0, 0.05) is 41.0 Å². The molecule has 3 aromatic rings. The number of nitrogens with two attached hydrogens (primary N) is 1. The number of thiazole rings is 1. The third kappa shape index (κ3) is 4.77. The lowest BCUT2D eigenvalue weighted by Crippen LogP contribution is -2.26. The molecule has 2 N–H and O–H groups in total. The van der Waals surface area contributed by atoms with E-state index >= 15 is 0 Å². The number of aromatic nitrogens is 2. The predicted molar refractivity (Wildman–Crippen MR) is 122 cm³/mol. The number of halogens is 2. The summed E-state index contributed by atoms with van der Waals surface area (Å²) in [5, 5.41) is 0.902. The van der Waals surface area contributed by atoms with Crippen molar-refractivity contribution in [2.75, 3.05) is 13.2 Å². The largest absolute Gasteiger partial charge is 0.490 e. The summed E-state index contributed by atoms with van der Waals surface area (Å²) in [5.74, 6) is -1.03. The molecule has 1 fully saturated rings. The molecule has 168 valence electrons. The van der Waals surface area contributed by atoms with Crippen molar-refractivity contribution in [3.8, 4) is 16.3 Å². The lowest BCUT2D eigenvalue weighted by atomic mass is 9.87. The van der Waals surface area contributed by atoms with E-state index in [0.29, 0.717) is 35.8 Å². The Morgan fingerprint density at radius 2 is 2.03 bits per heavy atom. The van der Waals surface area contributed by atoms with Crippen molar-refractivity contribution in [2.45, 2.75) is 38.7 Å². The molecule has 32 heavy (non-hydrogen) atoms. The number of hydrogen-bond donors (Lipinski definition) is 1. The molecule has 0 saturated carbocycles. The van der Waals surface area contributed by atoms with Crippen molar-refractivity contribution >= 4 is 28.8 Å². The van der Waals surface area contributed by atoms with Crippen LogP contribution in [0.2, 0.25) is 5.02 Å². The van der Waals surface area contributed by atoms with Gasteiger partial charge >= 0.3 is 0 Å². The van der Waals surface area contributed by atoms with Crippen LogP contribution in [0.25, 0.3) is 10.6 Å². The van der Waals surface area contributed by atoms with E-state index in [4.69, 9.17) is 26.8 Å². The summed E-state index contributed by atoms with van der Waals surface area (Å²) in [5.41, 5.74) is 7.90. The monoisotopic (exact) mass is 475 g/mol. The summed E-state index contributed by atoms with van der Waals surface area (Å²) in [6, 6.07) is 4.74. The quantitative estimate of drug-likeness (QED) is 0.535. The first-order valence-corrected chi connectivity index (χ1v) is 11.5. The third-order valence-corrected chi connectivity index (χ3v) is 6.67. The van der Waals surface area contributed by atoms with Crippen LogP contribution in [0.15, 0.2) is 30.6 Å². The number of hydrogen-bond acceptors (Lipinski definition) is 6. The zero-order chi connectivity index (χ0) is 22.8. The Morgan fingerprint density at radius 1 is 1.28 bits per heavy atom. The zero-order valence-electron chi connectivity index (χ0n) is 17.7. The summed E-state index contributed by atoms with van der Waals surface area (Å²) in [7, 11) is 0. The van der Waals surface area contributed by atoms with Crippen LogP contribution in [0.1, 0.15) is 52.2 Å². The first-order valence-electron chi connectivity index (χ1n) is 10.3. The highest BCUT2D eigenvalue weighted by atomic mass is 35.5. The van der Waals surface area contributed by atoms with Crippen LogP contribution in [0, 0.1) is 12.7 Å². The van der Waals surface area contributed by atoms with Crippen molar-refractivity contribution in [3.63, 3.8) is 0 Å². The van der Waals surface area contributed by atoms with Crippen LogP contribution in [0.4, 0.5) is 4.39 Å². The minimum absolute atomic E-state index is 0.00755. The van der Waals surface area contributed by atoms with Gasteiger partial charge in [0.05, 0.1) is 30.1 Å². The van der Waals surface area contributed by atoms with Gasteiger partial charge in [0.25, 0.3) is 0 Å². The number of nitrogens with zero attached hydrogens (tertiary/aromatic N) is 2. The van der Waals surface area contributed by atoms with Gasteiger partial charge in [0.2, 0.25) is 5.91 Å². The standard InChI is InChI=1S/C23H23ClFN3O3S/c1-12-10-28-23(32-12)18-9-16(31-15-3-5-30-6-4-15)8-17(22(26)29)20(18)13(2)21-19(24)7-14(25)11-27-21/h7-11,13,15H,3-6H2,1-2H3,(H2,26,29). The van der Waals surface area contributed by atoms with Crippen molar-refractivity contribution in [1.29, 1.82) is 0 Å². The van der Waals surface area contributed by atoms with E-state index < -0.39 is 17.6 Å². The molecule has 3 heterocycles. The second kappa shape index (κ2) is 9.52. The molecule has 1 aliphatic heterocycles. The Balaban J connectivity index is 1.87. The van der Waals surface area contributed by atoms with E-state index in [2.05, 4.69) is 9.97 Å². The average Bonchev–Trinajstić information content (AvgIpc) is 3.19. The zero-order valence-corrected chi connectivity index (χ0v) is 19.3. The van der Waals surface area contributed by atoms with Crippen LogP contribution >= 0.6 is 22.9 Å². The average molecular weight is 476 g/mol. The first kappa shape index (κ1) is 22.6. The number of amides is 1. The fraction of sp³-hybridized carbons (Fsp3) is 0.348. The van der Waals surface area contributed by atoms with E-state index in [1.54, 1.807) is 12.3 Å². The number of aryl methyl sites for hydroxylation is 1. The second-order valence-corrected chi connectivity index (χ2v) is 9.39. The number of ether oxygens (including phenoxy) is 2. The van der Waals surface area contributed by atoms with E-state index in [-0.39, 0.29) is 11.1 Å². The summed E-state index contributed by atoms with van der Waals surface area (Å²) < 4.78 is 25.2. The van der Waals surface area contributed by atoms with Crippen molar-refractivity contribution < 1.29 is 18.7 Å². The molecule has 2 aromatic heterocycles. The Kier molecular flexibility index (Phi) is 6.74. The molecule has 4 rings (SSSR count). The third-order valence-electron chi connectivity index (χ3n) is 5.42. The van der Waals surface area contributed by atoms with Gasteiger partial charge in [-0.3, -0.25) is 9.78 Å². The highest BCUT2D eigenvalue weighted by Gasteiger charge is 2.27. The Morgan fingerprint density at radius 3 is 2.66 bits per heavy atom. The van der Waals surface area contributed by atoms with Gasteiger partial charge in [-0.15, -0.1) is 11.3 Å². The lowest BCUT2D eigenvalue weighted by Gasteiger charge is -2.25. The van der Waals surface area contributed by atoms with Gasteiger partial charge in [-0.2, -0.15) is 0 Å². The second-order valence-electron chi connectivity index (χ2n) is 7.74. The molecular weight excluding hydrogens is 453 g/mol. The number of carbonyl (C=O) groups excluding carboxylic acids is 1. The van der Waals surface area contributed by atoms with Gasteiger partial charge in [-0.1, -0.05) is 18.5 Å². The maximum absolute atomic E-state index is 13.6. The maximum Gasteiger partial charge on any atom is 0.249 e. The number of pyridine rings is 1. The van der Waals surface area contributed by atoms with Gasteiger partial charge in [-0.25, -0.2) is 9.37 Å². The summed E-state index contributed by atoms with van der Waals surface area (Å²) in [4.78, 5) is 22.3. The van der Waals surface area contributed by atoms with Crippen molar-refractivity contribution in [3.05, 3.63) is 63.1 Å². The highest BCUT2D eigenvalue weighted by Crippen LogP contribution is 2.41. The minimum Gasteiger partial charge on any atom is -0.490 e. The Labute approximate surface area is 194 Å². The molecule has 0 aliphatic carbocycles. The molecule has 0 bridgehead atoms. The normalized spacial score (nSPS) is 15.5. The molecule has 0 spiro atoms. The maximum atomic E-state index is 13.6. The molecule has 9 heteroatoms. The lowest BCUT2D eigenvalue weighted by molar-refractivity contribution is 0.0255. The van der Waals surface area contributed by atoms with Crippen LogP contribution in [-0.4, -0.2) is 35.2 Å². The predicted octanol–water partition coefficient (Wildman–Crippen LogP) is 5.11. The SMILES string of the molecule is Cc1cnc(-c2cc(OC3CCOCC3)cc(C(N)=O)c2C(C)c2ncc(F)cc2Cl)s1. The summed E-state index contributed by atoms with van der Waals surface area (Å²) in [6.45, 7) is 5.09. The number of carbonyl (C=O) groups is 1. The van der Waals surface area contributed by atoms with Gasteiger partial charge in [0.1, 0.15) is 22.7 Å². The van der Waals surface area contributed by atoms with Crippen molar-refractivity contribution in [1.82, 2.24) is 9.97 Å². The van der Waals surface area contributed by atoms with Crippen LogP contribution in [0.3, 0.4) is 0 Å². The molecule has 1 aliphatic rings. The molecular formula is C23H23ClFN3O3S. The fourth-order valence-electron chi connectivity index (χ4n) is 3.89. The molecule has 1 saturated heterocycles. The minimum atomic E-state index is -0.600. The van der Waals surface area contributed by atoms with Crippen molar-refractivity contribution in [2.24, 2.45) is 5.73 Å². The number of benzene rings is 1. The Hall–Kier alpha value is -2.55. The summed E-state index contributed by atoms with van der Waals surface area (Å²) in [6.07, 6.45) is 4.41.